The fraction of sp³-hybridized carbons (Fsp3) is 0.750. The van der Waals surface area contributed by atoms with Crippen LogP contribution in [0.2, 0.25) is 0 Å². The van der Waals surface area contributed by atoms with Crippen molar-refractivity contribution in [3.63, 3.8) is 0 Å². The number of alkyl halides is 9. The molecule has 130 valence electrons. The molecule has 0 unspecified atom stereocenters. The molecule has 0 rings (SSSR count). The van der Waals surface area contributed by atoms with Crippen LogP contribution in [0.25, 0.3) is 0 Å². The van der Waals surface area contributed by atoms with Gasteiger partial charge in [-0.25, -0.2) is 9.59 Å². The van der Waals surface area contributed by atoms with Crippen LogP contribution in [0.1, 0.15) is 0 Å². The SMILES string of the molecule is O=C(OCCOC(=O)C(O)(C(F)(F)F)C(F)(F)F)C(F)(F)F. The predicted molar refractivity (Wildman–Crippen MR) is 45.0 cm³/mol. The summed E-state index contributed by atoms with van der Waals surface area (Å²) in [7, 11) is 0. The van der Waals surface area contributed by atoms with Gasteiger partial charge in [-0.15, -0.1) is 0 Å². The Bertz CT molecular complexity index is 407. The van der Waals surface area contributed by atoms with Crippen molar-refractivity contribution in [1.29, 1.82) is 0 Å². The van der Waals surface area contributed by atoms with Crippen molar-refractivity contribution < 1.29 is 63.7 Å². The minimum atomic E-state index is -6.50. The van der Waals surface area contributed by atoms with E-state index in [-0.39, 0.29) is 0 Å². The molecule has 0 fully saturated rings. The molecule has 14 heteroatoms. The fourth-order valence-corrected chi connectivity index (χ4v) is 0.847. The lowest BCUT2D eigenvalue weighted by molar-refractivity contribution is -0.357. The summed E-state index contributed by atoms with van der Waals surface area (Å²) in [4.78, 5) is 20.9. The van der Waals surface area contributed by atoms with Crippen molar-refractivity contribution in [1.82, 2.24) is 0 Å². The van der Waals surface area contributed by atoms with E-state index in [1.807, 2.05) is 0 Å². The van der Waals surface area contributed by atoms with Gasteiger partial charge < -0.3 is 14.6 Å². The number of hydrogen-bond acceptors (Lipinski definition) is 5. The predicted octanol–water partition coefficient (Wildman–Crippen LogP) is 1.49. The lowest BCUT2D eigenvalue weighted by atomic mass is 10.0. The van der Waals surface area contributed by atoms with Crippen LogP contribution in [-0.4, -0.2) is 54.4 Å². The van der Waals surface area contributed by atoms with Crippen LogP contribution in [0.3, 0.4) is 0 Å². The second kappa shape index (κ2) is 6.18. The zero-order valence-corrected chi connectivity index (χ0v) is 9.90. The molecule has 1 N–H and O–H groups in total. The maximum Gasteiger partial charge on any atom is 0.490 e. The molecule has 0 amide bonds. The summed E-state index contributed by atoms with van der Waals surface area (Å²) < 4.78 is 114. The molecule has 0 heterocycles. The van der Waals surface area contributed by atoms with Crippen LogP contribution in [0.4, 0.5) is 39.5 Å². The molecule has 0 saturated heterocycles. The molecule has 0 aromatic carbocycles. The minimum absolute atomic E-state index is 1.48. The van der Waals surface area contributed by atoms with Gasteiger partial charge in [0.05, 0.1) is 0 Å². The highest BCUT2D eigenvalue weighted by Crippen LogP contribution is 2.43. The molecule has 0 atom stereocenters. The Morgan fingerprint density at radius 3 is 1.32 bits per heavy atom. The Morgan fingerprint density at radius 2 is 1.05 bits per heavy atom. The number of rotatable bonds is 4. The van der Waals surface area contributed by atoms with Crippen molar-refractivity contribution in [2.75, 3.05) is 13.2 Å². The first-order chi connectivity index (χ1) is 9.55. The highest BCUT2D eigenvalue weighted by Gasteiger charge is 2.76. The molecule has 22 heavy (non-hydrogen) atoms. The average Bonchev–Trinajstić information content (AvgIpc) is 2.28. The van der Waals surface area contributed by atoms with E-state index < -0.39 is 49.3 Å². The molecule has 0 spiro atoms. The Kier molecular flexibility index (Phi) is 5.69. The van der Waals surface area contributed by atoms with E-state index in [0.717, 1.165) is 0 Å². The van der Waals surface area contributed by atoms with E-state index in [1.54, 1.807) is 0 Å². The maximum absolute atomic E-state index is 12.1. The van der Waals surface area contributed by atoms with Crippen LogP contribution in [-0.2, 0) is 19.1 Å². The van der Waals surface area contributed by atoms with E-state index in [2.05, 4.69) is 9.47 Å². The van der Waals surface area contributed by atoms with E-state index >= 15 is 0 Å². The fourth-order valence-electron chi connectivity index (χ4n) is 0.847. The lowest BCUT2D eigenvalue weighted by Gasteiger charge is -2.29. The largest absolute Gasteiger partial charge is 0.490 e. The van der Waals surface area contributed by atoms with Gasteiger partial charge in [0.1, 0.15) is 13.2 Å². The molecular formula is C8H5F9O5. The Balaban J connectivity index is 4.74. The van der Waals surface area contributed by atoms with Crippen LogP contribution in [0, 0.1) is 0 Å². The Morgan fingerprint density at radius 1 is 0.727 bits per heavy atom. The van der Waals surface area contributed by atoms with Crippen LogP contribution in [0.5, 0.6) is 0 Å². The van der Waals surface area contributed by atoms with Gasteiger partial charge in [-0.1, -0.05) is 0 Å². The Labute approximate surface area is 114 Å². The van der Waals surface area contributed by atoms with Crippen LogP contribution < -0.4 is 0 Å². The van der Waals surface area contributed by atoms with Crippen LogP contribution >= 0.6 is 0 Å². The standard InChI is InChI=1S/C8H5F9O5/c9-6(10,11)4(19)22-2-1-21-3(18)5(20,7(12,13)14)8(15,16)17/h20H,1-2H2. The number of carbonyl (C=O) groups excluding carboxylic acids is 2. The Hall–Kier alpha value is -1.73. The van der Waals surface area contributed by atoms with Crippen molar-refractivity contribution in [2.24, 2.45) is 0 Å². The smallest absolute Gasteiger partial charge is 0.459 e. The molecule has 0 aliphatic carbocycles. The first kappa shape index (κ1) is 20.3. The summed E-state index contributed by atoms with van der Waals surface area (Å²) in [5, 5.41) is 8.48. The summed E-state index contributed by atoms with van der Waals surface area (Å²) >= 11 is 0. The summed E-state index contributed by atoms with van der Waals surface area (Å²) in [5.74, 6) is -6.03. The first-order valence-corrected chi connectivity index (χ1v) is 4.82. The van der Waals surface area contributed by atoms with E-state index in [9.17, 15) is 49.1 Å². The van der Waals surface area contributed by atoms with E-state index in [0.29, 0.717) is 0 Å². The average molecular weight is 352 g/mol. The summed E-state index contributed by atoms with van der Waals surface area (Å²) in [6.45, 7) is -3.05. The molecule has 0 aromatic rings. The molecule has 0 aliphatic rings. The highest BCUT2D eigenvalue weighted by atomic mass is 19.4. The molecule has 0 bridgehead atoms. The third-order valence-corrected chi connectivity index (χ3v) is 1.90. The van der Waals surface area contributed by atoms with Crippen molar-refractivity contribution in [2.45, 2.75) is 24.1 Å². The van der Waals surface area contributed by atoms with Crippen LogP contribution in [0.15, 0.2) is 0 Å². The second-order valence-electron chi connectivity index (χ2n) is 3.48. The zero-order valence-electron chi connectivity index (χ0n) is 9.90. The van der Waals surface area contributed by atoms with Gasteiger partial charge in [-0.2, -0.15) is 39.5 Å². The zero-order chi connectivity index (χ0) is 18.0. The summed E-state index contributed by atoms with van der Waals surface area (Å²) in [6.07, 6.45) is -18.4. The molecule has 0 saturated carbocycles. The first-order valence-electron chi connectivity index (χ1n) is 4.82. The molecule has 0 aromatic heterocycles. The number of halogens is 9. The van der Waals surface area contributed by atoms with Crippen molar-refractivity contribution in [3.05, 3.63) is 0 Å². The van der Waals surface area contributed by atoms with Crippen molar-refractivity contribution >= 4 is 11.9 Å². The molecule has 0 radical (unpaired) electrons. The van der Waals surface area contributed by atoms with Gasteiger partial charge in [0.25, 0.3) is 0 Å². The third kappa shape index (κ3) is 4.38. The van der Waals surface area contributed by atoms with E-state index in [1.165, 1.54) is 0 Å². The summed E-state index contributed by atoms with van der Waals surface area (Å²) in [5.41, 5.74) is -5.87. The number of carbonyl (C=O) groups is 2. The van der Waals surface area contributed by atoms with Gasteiger partial charge in [-0.3, -0.25) is 0 Å². The second-order valence-corrected chi connectivity index (χ2v) is 3.48. The van der Waals surface area contributed by atoms with Gasteiger partial charge in [0.2, 0.25) is 0 Å². The number of hydrogen-bond donors (Lipinski definition) is 1. The quantitative estimate of drug-likeness (QED) is 0.472. The number of ether oxygens (including phenoxy) is 2. The highest BCUT2D eigenvalue weighted by molar-refractivity contribution is 5.81. The normalized spacial score (nSPS) is 13.7. The molecule has 0 aliphatic heterocycles. The molecule has 5 nitrogen and oxygen atoms in total. The van der Waals surface area contributed by atoms with E-state index in [4.69, 9.17) is 5.11 Å². The topological polar surface area (TPSA) is 72.8 Å². The molecular weight excluding hydrogens is 347 g/mol. The minimum Gasteiger partial charge on any atom is -0.459 e. The number of aliphatic hydroxyl groups is 1. The third-order valence-electron chi connectivity index (χ3n) is 1.90. The van der Waals surface area contributed by atoms with Gasteiger partial charge in [0, 0.05) is 0 Å². The van der Waals surface area contributed by atoms with Gasteiger partial charge in [0.15, 0.2) is 0 Å². The maximum atomic E-state index is 12.1. The van der Waals surface area contributed by atoms with Gasteiger partial charge in [-0.05, 0) is 0 Å². The van der Waals surface area contributed by atoms with Crippen molar-refractivity contribution in [3.8, 4) is 0 Å². The monoisotopic (exact) mass is 352 g/mol. The summed E-state index contributed by atoms with van der Waals surface area (Å²) in [6, 6.07) is 0. The lowest BCUT2D eigenvalue weighted by Crippen LogP contribution is -2.63. The van der Waals surface area contributed by atoms with Gasteiger partial charge >= 0.3 is 36.1 Å². The number of esters is 2.